The van der Waals surface area contributed by atoms with E-state index in [9.17, 15) is 14.0 Å². The van der Waals surface area contributed by atoms with Crippen LogP contribution in [0.5, 0.6) is 0 Å². The van der Waals surface area contributed by atoms with Gasteiger partial charge in [-0.2, -0.15) is 0 Å². The van der Waals surface area contributed by atoms with Crippen molar-refractivity contribution in [3.05, 3.63) is 35.0 Å². The van der Waals surface area contributed by atoms with Crippen LogP contribution in [-0.2, 0) is 4.79 Å². The van der Waals surface area contributed by atoms with Crippen molar-refractivity contribution < 1.29 is 14.0 Å². The third kappa shape index (κ3) is 2.59. The van der Waals surface area contributed by atoms with E-state index in [0.29, 0.717) is 23.2 Å². The monoisotopic (exact) mass is 320 g/mol. The quantitative estimate of drug-likeness (QED) is 0.925. The number of nitrogens with two attached hydrogens (primary N) is 1. The minimum Gasteiger partial charge on any atom is -0.369 e. The number of carbonyl (C=O) groups is 2. The number of thiophene rings is 1. The number of halogens is 1. The smallest absolute Gasteiger partial charge is 0.264 e. The van der Waals surface area contributed by atoms with Crippen molar-refractivity contribution in [2.75, 3.05) is 6.54 Å². The number of fused-ring (bicyclic) bond motifs is 1. The second kappa shape index (κ2) is 5.68. The molecule has 1 fully saturated rings. The molecule has 4 nitrogen and oxygen atoms in total. The number of carbonyl (C=O) groups excluding carboxylic acids is 2. The Labute approximate surface area is 131 Å². The Bertz CT molecular complexity index is 743. The van der Waals surface area contributed by atoms with E-state index in [1.54, 1.807) is 23.1 Å². The highest BCUT2D eigenvalue weighted by Gasteiger charge is 2.32. The van der Waals surface area contributed by atoms with Gasteiger partial charge < -0.3 is 10.6 Å². The molecule has 2 aromatic rings. The Hall–Kier alpha value is -1.95. The van der Waals surface area contributed by atoms with Crippen LogP contribution in [0.3, 0.4) is 0 Å². The molecule has 2 amide bonds. The number of amides is 2. The molecule has 1 aromatic heterocycles. The van der Waals surface area contributed by atoms with E-state index < -0.39 is 0 Å². The van der Waals surface area contributed by atoms with Crippen LogP contribution in [0.15, 0.2) is 24.3 Å². The molecular formula is C16H17FN2O2S. The van der Waals surface area contributed by atoms with Crippen LogP contribution in [0, 0.1) is 11.7 Å². The van der Waals surface area contributed by atoms with Gasteiger partial charge in [0, 0.05) is 22.7 Å². The van der Waals surface area contributed by atoms with Gasteiger partial charge in [0.2, 0.25) is 5.91 Å². The lowest BCUT2D eigenvalue weighted by Gasteiger charge is -2.36. The first kappa shape index (κ1) is 15.0. The lowest BCUT2D eigenvalue weighted by atomic mass is 9.93. The van der Waals surface area contributed by atoms with E-state index in [1.165, 1.54) is 17.4 Å². The van der Waals surface area contributed by atoms with Crippen LogP contribution >= 0.6 is 11.3 Å². The molecule has 1 saturated heterocycles. The van der Waals surface area contributed by atoms with Gasteiger partial charge in [0.1, 0.15) is 5.82 Å². The second-order valence-electron chi connectivity index (χ2n) is 5.75. The predicted octanol–water partition coefficient (Wildman–Crippen LogP) is 2.77. The number of hydrogen-bond acceptors (Lipinski definition) is 3. The van der Waals surface area contributed by atoms with Gasteiger partial charge in [0.05, 0.1) is 10.8 Å². The maximum atomic E-state index is 13.8. The number of piperidine rings is 1. The van der Waals surface area contributed by atoms with Gasteiger partial charge in [0.25, 0.3) is 5.91 Å². The third-order valence-corrected chi connectivity index (χ3v) is 5.35. The highest BCUT2D eigenvalue weighted by atomic mass is 32.1. The Morgan fingerprint density at radius 1 is 1.36 bits per heavy atom. The van der Waals surface area contributed by atoms with Crippen molar-refractivity contribution in [2.45, 2.75) is 25.8 Å². The first-order chi connectivity index (χ1) is 10.5. The zero-order chi connectivity index (χ0) is 15.9. The summed E-state index contributed by atoms with van der Waals surface area (Å²) in [5.41, 5.74) is 5.37. The molecule has 1 aliphatic rings. The summed E-state index contributed by atoms with van der Waals surface area (Å²) in [6.07, 6.45) is 1.46. The number of hydrogen-bond donors (Lipinski definition) is 1. The summed E-state index contributed by atoms with van der Waals surface area (Å²) in [4.78, 5) is 26.3. The van der Waals surface area contributed by atoms with Gasteiger partial charge in [-0.25, -0.2) is 4.39 Å². The molecule has 0 saturated carbocycles. The summed E-state index contributed by atoms with van der Waals surface area (Å²) in [5.74, 6) is -1.15. The van der Waals surface area contributed by atoms with E-state index in [1.807, 2.05) is 6.92 Å². The maximum Gasteiger partial charge on any atom is 0.264 e. The van der Waals surface area contributed by atoms with Crippen LogP contribution in [0.2, 0.25) is 0 Å². The van der Waals surface area contributed by atoms with Crippen molar-refractivity contribution >= 4 is 33.2 Å². The van der Waals surface area contributed by atoms with Gasteiger partial charge >= 0.3 is 0 Å². The van der Waals surface area contributed by atoms with E-state index in [2.05, 4.69) is 0 Å². The lowest BCUT2D eigenvalue weighted by molar-refractivity contribution is -0.123. The Morgan fingerprint density at radius 2 is 2.14 bits per heavy atom. The molecule has 0 unspecified atom stereocenters. The van der Waals surface area contributed by atoms with Crippen LogP contribution in [0.4, 0.5) is 4.39 Å². The van der Waals surface area contributed by atoms with Crippen molar-refractivity contribution in [3.63, 3.8) is 0 Å². The molecule has 0 spiro atoms. The number of nitrogens with zero attached hydrogens (tertiary/aromatic N) is 1. The summed E-state index contributed by atoms with van der Waals surface area (Å²) < 4.78 is 14.5. The SMILES string of the molecule is C[C@@H]1CC[C@H](C(N)=O)CN1C(=O)c1cc2c(F)cccc2s1. The van der Waals surface area contributed by atoms with Crippen molar-refractivity contribution in [1.82, 2.24) is 4.90 Å². The van der Waals surface area contributed by atoms with Crippen molar-refractivity contribution in [2.24, 2.45) is 11.7 Å². The first-order valence-corrected chi connectivity index (χ1v) is 8.07. The van der Waals surface area contributed by atoms with Crippen LogP contribution in [0.25, 0.3) is 10.1 Å². The molecule has 0 bridgehead atoms. The number of rotatable bonds is 2. The van der Waals surface area contributed by atoms with E-state index >= 15 is 0 Å². The van der Waals surface area contributed by atoms with Gasteiger partial charge in [-0.05, 0) is 38.0 Å². The van der Waals surface area contributed by atoms with E-state index in [4.69, 9.17) is 5.73 Å². The van der Waals surface area contributed by atoms with Gasteiger partial charge in [0.15, 0.2) is 0 Å². The van der Waals surface area contributed by atoms with Gasteiger partial charge in [-0.1, -0.05) is 6.07 Å². The van der Waals surface area contributed by atoms with Crippen LogP contribution in [-0.4, -0.2) is 29.3 Å². The fraction of sp³-hybridized carbons (Fsp3) is 0.375. The molecular weight excluding hydrogens is 303 g/mol. The number of likely N-dealkylation sites (tertiary alicyclic amines) is 1. The molecule has 0 aliphatic carbocycles. The standard InChI is InChI=1S/C16H17FN2O2S/c1-9-5-6-10(15(18)20)8-19(9)16(21)14-7-11-12(17)3-2-4-13(11)22-14/h2-4,7,9-10H,5-6,8H2,1H3,(H2,18,20)/t9-,10+/m1/s1. The minimum atomic E-state index is -0.368. The molecule has 116 valence electrons. The summed E-state index contributed by atoms with van der Waals surface area (Å²) in [6.45, 7) is 2.30. The average Bonchev–Trinajstić information content (AvgIpc) is 2.92. The molecule has 22 heavy (non-hydrogen) atoms. The van der Waals surface area contributed by atoms with Crippen molar-refractivity contribution in [3.8, 4) is 0 Å². The Morgan fingerprint density at radius 3 is 2.82 bits per heavy atom. The molecule has 0 radical (unpaired) electrons. The van der Waals surface area contributed by atoms with Crippen LogP contribution < -0.4 is 5.73 Å². The highest BCUT2D eigenvalue weighted by Crippen LogP contribution is 2.31. The number of primary amides is 1. The Balaban J connectivity index is 1.90. The molecule has 1 aromatic carbocycles. The second-order valence-corrected chi connectivity index (χ2v) is 6.83. The zero-order valence-corrected chi connectivity index (χ0v) is 13.0. The summed E-state index contributed by atoms with van der Waals surface area (Å²) in [5, 5.41) is 0.465. The van der Waals surface area contributed by atoms with Crippen molar-refractivity contribution in [1.29, 1.82) is 0 Å². The van der Waals surface area contributed by atoms with Crippen LogP contribution in [0.1, 0.15) is 29.4 Å². The van der Waals surface area contributed by atoms with E-state index in [0.717, 1.165) is 11.1 Å². The fourth-order valence-corrected chi connectivity index (χ4v) is 3.93. The topological polar surface area (TPSA) is 63.4 Å². The molecule has 2 N–H and O–H groups in total. The molecule has 1 aliphatic heterocycles. The summed E-state index contributed by atoms with van der Waals surface area (Å²) in [6, 6.07) is 6.47. The normalized spacial score (nSPS) is 22.0. The lowest BCUT2D eigenvalue weighted by Crippen LogP contribution is -2.48. The molecule has 2 atom stereocenters. The summed E-state index contributed by atoms with van der Waals surface area (Å²) >= 11 is 1.28. The fourth-order valence-electron chi connectivity index (χ4n) is 2.89. The van der Waals surface area contributed by atoms with E-state index in [-0.39, 0.29) is 29.6 Å². The minimum absolute atomic E-state index is 0.0539. The molecule has 2 heterocycles. The number of benzene rings is 1. The predicted molar refractivity (Wildman–Crippen MR) is 84.2 cm³/mol. The maximum absolute atomic E-state index is 13.8. The third-order valence-electron chi connectivity index (χ3n) is 4.26. The summed E-state index contributed by atoms with van der Waals surface area (Å²) in [7, 11) is 0. The zero-order valence-electron chi connectivity index (χ0n) is 12.2. The average molecular weight is 320 g/mol. The molecule has 6 heteroatoms. The largest absolute Gasteiger partial charge is 0.369 e. The highest BCUT2D eigenvalue weighted by molar-refractivity contribution is 7.20. The Kier molecular flexibility index (Phi) is 3.87. The van der Waals surface area contributed by atoms with Gasteiger partial charge in [-0.3, -0.25) is 9.59 Å². The first-order valence-electron chi connectivity index (χ1n) is 7.25. The molecule has 3 rings (SSSR count). The van der Waals surface area contributed by atoms with Gasteiger partial charge in [-0.15, -0.1) is 11.3 Å².